The van der Waals surface area contributed by atoms with Crippen molar-refractivity contribution in [3.05, 3.63) is 0 Å². The number of hydrogen-bond donors (Lipinski definition) is 0. The van der Waals surface area contributed by atoms with Crippen LogP contribution in [0.2, 0.25) is 0 Å². The molecule has 5 heavy (non-hydrogen) atoms. The van der Waals surface area contributed by atoms with Crippen molar-refractivity contribution in [2.24, 2.45) is 0 Å². The summed E-state index contributed by atoms with van der Waals surface area (Å²) >= 11 is 0. The molecule has 0 amide bonds. The van der Waals surface area contributed by atoms with Crippen molar-refractivity contribution < 1.29 is 77.7 Å². The minimum Gasteiger partial charge on any atom is 0 e. The van der Waals surface area contributed by atoms with Crippen LogP contribution in [0.1, 0.15) is 0 Å². The minimum absolute atomic E-state index is 0. The Morgan fingerprint density at radius 1 is 1.00 bits per heavy atom. The Bertz CT molecular complexity index is 11.6. The van der Waals surface area contributed by atoms with Crippen molar-refractivity contribution in [1.29, 1.82) is 0 Å². The molecule has 0 saturated heterocycles. The van der Waals surface area contributed by atoms with Gasteiger partial charge in [-0.3, -0.25) is 0 Å². The van der Waals surface area contributed by atoms with Crippen molar-refractivity contribution in [1.82, 2.24) is 0 Å². The fraction of sp³-hybridized carbons (Fsp3) is 0. The van der Waals surface area contributed by atoms with Crippen molar-refractivity contribution in [2.75, 3.05) is 0 Å². The molecule has 5 radical (unpaired) electrons. The standard InChI is InChI=1S/B.Cu.Nb.Ni.Ti. The fourth-order valence-electron chi connectivity index (χ4n) is 0. The molecule has 0 aromatic rings. The summed E-state index contributed by atoms with van der Waals surface area (Å²) < 4.78 is 0. The monoisotopic (exact) mass is 273 g/mol. The first-order valence-electron chi connectivity index (χ1n) is 0. The van der Waals surface area contributed by atoms with Gasteiger partial charge < -0.3 is 0 Å². The number of hydrogen-bond acceptors (Lipinski definition) is 0. The zero-order valence-corrected chi connectivity index (χ0v) is 7.83. The Morgan fingerprint density at radius 2 is 1.00 bits per heavy atom. The fourth-order valence-corrected chi connectivity index (χ4v) is 0. The van der Waals surface area contributed by atoms with E-state index in [1.165, 1.54) is 0 Å². The maximum atomic E-state index is 0. The van der Waals surface area contributed by atoms with Crippen molar-refractivity contribution in [2.45, 2.75) is 0 Å². The van der Waals surface area contributed by atoms with Gasteiger partial charge in [0.1, 0.15) is 0 Å². The molecule has 0 atom stereocenters. The first-order valence-corrected chi connectivity index (χ1v) is 0. The Morgan fingerprint density at radius 3 is 1.00 bits per heavy atom. The van der Waals surface area contributed by atoms with Gasteiger partial charge in [0, 0.05) is 86.1 Å². The van der Waals surface area contributed by atoms with Crippen molar-refractivity contribution >= 4 is 8.41 Å². The molecular formula is BCuNbNiTi. The second-order valence-corrected chi connectivity index (χ2v) is 0. The molecule has 0 bridgehead atoms. The van der Waals surface area contributed by atoms with E-state index in [4.69, 9.17) is 0 Å². The van der Waals surface area contributed by atoms with Crippen molar-refractivity contribution in [3.8, 4) is 0 Å². The topological polar surface area (TPSA) is 0 Å². The molecule has 0 aromatic heterocycles. The van der Waals surface area contributed by atoms with Gasteiger partial charge in [-0.25, -0.2) is 0 Å². The normalized spacial score (nSPS) is 0. The van der Waals surface area contributed by atoms with Gasteiger partial charge in [0.25, 0.3) is 0 Å². The number of rotatable bonds is 0. The molecule has 0 unspecified atom stereocenters. The molecule has 0 fully saturated rings. The van der Waals surface area contributed by atoms with Crippen LogP contribution in [0.3, 0.4) is 0 Å². The molecule has 0 saturated carbocycles. The summed E-state index contributed by atoms with van der Waals surface area (Å²) in [6.07, 6.45) is 0. The van der Waals surface area contributed by atoms with Gasteiger partial charge in [0.15, 0.2) is 0 Å². The molecule has 5 heteroatoms. The second-order valence-electron chi connectivity index (χ2n) is 0. The van der Waals surface area contributed by atoms with E-state index in [1.54, 1.807) is 0 Å². The summed E-state index contributed by atoms with van der Waals surface area (Å²) in [6, 6.07) is 0. The van der Waals surface area contributed by atoms with Gasteiger partial charge >= 0.3 is 0 Å². The van der Waals surface area contributed by atoms with E-state index in [0.29, 0.717) is 0 Å². The molecule has 0 aliphatic heterocycles. The van der Waals surface area contributed by atoms with Crippen LogP contribution in [0.4, 0.5) is 0 Å². The molecule has 33 valence electrons. The van der Waals surface area contributed by atoms with Gasteiger partial charge in [-0.2, -0.15) is 0 Å². The van der Waals surface area contributed by atoms with E-state index in [-0.39, 0.29) is 86.1 Å². The third-order valence-electron chi connectivity index (χ3n) is 0. The Labute approximate surface area is 85.0 Å². The molecule has 0 spiro atoms. The van der Waals surface area contributed by atoms with E-state index in [2.05, 4.69) is 0 Å². The van der Waals surface area contributed by atoms with E-state index in [9.17, 15) is 0 Å². The van der Waals surface area contributed by atoms with Gasteiger partial charge in [0.2, 0.25) is 0 Å². The van der Waals surface area contributed by atoms with Crippen LogP contribution in [0.5, 0.6) is 0 Å². The Kier molecular flexibility index (Phi) is 313. The SMILES string of the molecule is [B].[Cu].[Nb].[Ni].[Ti]. The molecule has 0 aliphatic carbocycles. The van der Waals surface area contributed by atoms with Crippen LogP contribution >= 0.6 is 0 Å². The molecular weight excluding hydrogens is 274 g/mol. The summed E-state index contributed by atoms with van der Waals surface area (Å²) in [5.41, 5.74) is 0. The van der Waals surface area contributed by atoms with Crippen LogP contribution in [0, 0.1) is 0 Å². The first-order chi connectivity index (χ1) is 0. The van der Waals surface area contributed by atoms with E-state index in [1.807, 2.05) is 0 Å². The smallest absolute Gasteiger partial charge is 0 e. The van der Waals surface area contributed by atoms with Gasteiger partial charge in [-0.05, 0) is 0 Å². The third-order valence-corrected chi connectivity index (χ3v) is 0. The van der Waals surface area contributed by atoms with Crippen LogP contribution in [-0.2, 0) is 77.7 Å². The summed E-state index contributed by atoms with van der Waals surface area (Å²) in [5, 5.41) is 0. The summed E-state index contributed by atoms with van der Waals surface area (Å²) in [6.45, 7) is 0. The molecule has 0 heterocycles. The molecule has 0 aliphatic rings. The zero-order valence-electron chi connectivity index (χ0n) is 2.14. The van der Waals surface area contributed by atoms with Crippen LogP contribution in [0.25, 0.3) is 0 Å². The summed E-state index contributed by atoms with van der Waals surface area (Å²) in [5.74, 6) is 0. The first kappa shape index (κ1) is 50.1. The summed E-state index contributed by atoms with van der Waals surface area (Å²) in [7, 11) is 0. The van der Waals surface area contributed by atoms with Crippen LogP contribution < -0.4 is 0 Å². The van der Waals surface area contributed by atoms with Crippen molar-refractivity contribution in [3.63, 3.8) is 0 Å². The predicted octanol–water partition coefficient (Wildman–Crippen LogP) is -0.391. The summed E-state index contributed by atoms with van der Waals surface area (Å²) in [4.78, 5) is 0. The molecule has 0 N–H and O–H groups in total. The molecule has 0 aromatic carbocycles. The maximum Gasteiger partial charge on any atom is 0 e. The van der Waals surface area contributed by atoms with E-state index in [0.717, 1.165) is 0 Å². The van der Waals surface area contributed by atoms with Gasteiger partial charge in [0.05, 0.1) is 0 Å². The third kappa shape index (κ3) is 20.9. The molecule has 0 nitrogen and oxygen atoms in total. The minimum atomic E-state index is 0. The van der Waals surface area contributed by atoms with Gasteiger partial charge in [-0.15, -0.1) is 0 Å². The van der Waals surface area contributed by atoms with E-state index < -0.39 is 0 Å². The average Bonchev–Trinajstić information content (AvgIpc) is 0. The average molecular weight is 274 g/mol. The quantitative estimate of drug-likeness (QED) is 0.528. The second kappa shape index (κ2) is 31.2. The molecule has 0 rings (SSSR count). The van der Waals surface area contributed by atoms with Gasteiger partial charge in [-0.1, -0.05) is 0 Å². The largest absolute Gasteiger partial charge is 0 e. The maximum absolute atomic E-state index is 0. The predicted molar refractivity (Wildman–Crippen MR) is 5.75 cm³/mol. The zero-order chi connectivity index (χ0) is 0. The Hall–Kier alpha value is 2.53. The Balaban J connectivity index is 0. The van der Waals surface area contributed by atoms with Crippen LogP contribution in [-0.4, -0.2) is 8.41 Å². The van der Waals surface area contributed by atoms with E-state index >= 15 is 0 Å². The van der Waals surface area contributed by atoms with Crippen LogP contribution in [0.15, 0.2) is 0 Å².